The van der Waals surface area contributed by atoms with Gasteiger partial charge in [0.15, 0.2) is 5.82 Å². The van der Waals surface area contributed by atoms with E-state index in [1.54, 1.807) is 30.9 Å². The molecule has 4 heterocycles. The van der Waals surface area contributed by atoms with Crippen molar-refractivity contribution in [2.45, 2.75) is 44.2 Å². The lowest BCUT2D eigenvalue weighted by Crippen LogP contribution is -2.46. The molecule has 0 radical (unpaired) electrons. The number of nitrogens with zero attached hydrogens (tertiary/aromatic N) is 5. The normalized spacial score (nSPS) is 23.1. The van der Waals surface area contributed by atoms with E-state index in [1.165, 1.54) is 24.8 Å². The van der Waals surface area contributed by atoms with Crippen LogP contribution in [0.3, 0.4) is 0 Å². The minimum absolute atomic E-state index is 0.116. The summed E-state index contributed by atoms with van der Waals surface area (Å²) in [5, 5.41) is 22.7. The Kier molecular flexibility index (Phi) is 4.37. The molecule has 2 aliphatic rings. The Morgan fingerprint density at radius 1 is 1.14 bits per heavy atom. The molecule has 0 amide bonds. The number of fused-ring (bicyclic) bond motifs is 2. The van der Waals surface area contributed by atoms with Crippen LogP contribution >= 0.6 is 0 Å². The number of piperidine rings is 2. The van der Waals surface area contributed by atoms with Gasteiger partial charge in [0.25, 0.3) is 0 Å². The van der Waals surface area contributed by atoms with E-state index in [0.29, 0.717) is 23.5 Å². The number of imidazole rings is 1. The number of nitrogens with one attached hydrogen (secondary N) is 1. The third kappa shape index (κ3) is 3.41. The number of aromatic nitrogens is 5. The Balaban J connectivity index is 1.36. The number of hydrogen-bond donors (Lipinski definition) is 2. The van der Waals surface area contributed by atoms with E-state index in [1.807, 2.05) is 16.8 Å². The van der Waals surface area contributed by atoms with Crippen LogP contribution in [0.15, 0.2) is 48.7 Å². The molecule has 7 heteroatoms. The summed E-state index contributed by atoms with van der Waals surface area (Å²) in [6, 6.07) is 6.57. The molecule has 2 saturated heterocycles. The Morgan fingerprint density at radius 3 is 2.68 bits per heavy atom. The van der Waals surface area contributed by atoms with Crippen molar-refractivity contribution in [2.75, 3.05) is 0 Å². The van der Waals surface area contributed by atoms with Crippen molar-refractivity contribution < 1.29 is 5.11 Å². The number of phenols is 1. The van der Waals surface area contributed by atoms with Crippen LogP contribution in [0.25, 0.3) is 23.2 Å². The molecule has 28 heavy (non-hydrogen) atoms. The first-order valence-corrected chi connectivity index (χ1v) is 9.71. The second-order valence-corrected chi connectivity index (χ2v) is 7.58. The van der Waals surface area contributed by atoms with Crippen LogP contribution in [0.2, 0.25) is 0 Å². The average Bonchev–Trinajstić information content (AvgIpc) is 3.23. The third-order valence-corrected chi connectivity index (χ3v) is 5.55. The van der Waals surface area contributed by atoms with E-state index in [9.17, 15) is 5.11 Å². The van der Waals surface area contributed by atoms with Crippen molar-refractivity contribution in [1.29, 1.82) is 0 Å². The molecular formula is C21H22N6O. The molecule has 1 aromatic carbocycles. The summed E-state index contributed by atoms with van der Waals surface area (Å²) in [7, 11) is 0. The Bertz CT molecular complexity index is 982. The second-order valence-electron chi connectivity index (χ2n) is 7.58. The third-order valence-electron chi connectivity index (χ3n) is 5.55. The summed E-state index contributed by atoms with van der Waals surface area (Å²) in [4.78, 5) is 8.45. The molecule has 1 unspecified atom stereocenters. The van der Waals surface area contributed by atoms with Gasteiger partial charge in [0.2, 0.25) is 0 Å². The number of aromatic hydroxyl groups is 1. The standard InChI is InChI=1S/C21H22N6O/c28-20-11-18(27-7-6-22-13-27)4-5-19(20)21-23-12-17(25-26-21)10-14-8-15-2-1-3-16(9-14)24-15/h4-7,10-13,15-16,24,28H,1-3,8-9H2/b14-10-/t15?,16-/m0/s1. The van der Waals surface area contributed by atoms with Gasteiger partial charge in [-0.25, -0.2) is 9.97 Å². The highest BCUT2D eigenvalue weighted by atomic mass is 16.3. The van der Waals surface area contributed by atoms with Crippen molar-refractivity contribution in [3.63, 3.8) is 0 Å². The zero-order chi connectivity index (χ0) is 18.9. The summed E-state index contributed by atoms with van der Waals surface area (Å²) in [6.45, 7) is 0. The molecule has 3 aromatic rings. The average molecular weight is 374 g/mol. The predicted octanol–water partition coefficient (Wildman–Crippen LogP) is 3.12. The largest absolute Gasteiger partial charge is 0.507 e. The number of hydrogen-bond acceptors (Lipinski definition) is 6. The van der Waals surface area contributed by atoms with Gasteiger partial charge in [-0.15, -0.1) is 10.2 Å². The first kappa shape index (κ1) is 17.1. The molecule has 7 nitrogen and oxygen atoms in total. The summed E-state index contributed by atoms with van der Waals surface area (Å²) in [5.74, 6) is 0.532. The van der Waals surface area contributed by atoms with Gasteiger partial charge in [0.05, 0.1) is 23.8 Å². The van der Waals surface area contributed by atoms with E-state index in [-0.39, 0.29) is 5.75 Å². The zero-order valence-corrected chi connectivity index (χ0v) is 15.5. The van der Waals surface area contributed by atoms with Gasteiger partial charge in [-0.1, -0.05) is 12.0 Å². The minimum atomic E-state index is 0.116. The van der Waals surface area contributed by atoms with Crippen molar-refractivity contribution >= 4 is 6.08 Å². The highest BCUT2D eigenvalue weighted by Crippen LogP contribution is 2.31. The van der Waals surface area contributed by atoms with Gasteiger partial charge in [0.1, 0.15) is 11.4 Å². The van der Waals surface area contributed by atoms with Crippen LogP contribution in [-0.4, -0.2) is 41.9 Å². The van der Waals surface area contributed by atoms with Gasteiger partial charge < -0.3 is 15.0 Å². The molecule has 0 spiro atoms. The second kappa shape index (κ2) is 7.16. The van der Waals surface area contributed by atoms with Gasteiger partial charge in [-0.2, -0.15) is 0 Å². The van der Waals surface area contributed by atoms with Crippen LogP contribution in [0.5, 0.6) is 5.75 Å². The summed E-state index contributed by atoms with van der Waals surface area (Å²) in [6.07, 6.45) is 15.1. The quantitative estimate of drug-likeness (QED) is 0.732. The van der Waals surface area contributed by atoms with E-state index in [2.05, 4.69) is 31.6 Å². The molecule has 142 valence electrons. The first-order chi connectivity index (χ1) is 13.7. The van der Waals surface area contributed by atoms with Crippen molar-refractivity contribution in [3.8, 4) is 22.8 Å². The molecule has 5 rings (SSSR count). The summed E-state index contributed by atoms with van der Waals surface area (Å²) in [5.41, 5.74) is 3.58. The Hall–Kier alpha value is -3.06. The van der Waals surface area contributed by atoms with Crippen molar-refractivity contribution in [2.24, 2.45) is 0 Å². The van der Waals surface area contributed by atoms with Crippen LogP contribution in [0.1, 0.15) is 37.8 Å². The highest BCUT2D eigenvalue weighted by Gasteiger charge is 2.27. The molecule has 0 aliphatic carbocycles. The van der Waals surface area contributed by atoms with Gasteiger partial charge in [-0.3, -0.25) is 0 Å². The monoisotopic (exact) mass is 374 g/mol. The topological polar surface area (TPSA) is 88.8 Å². The highest BCUT2D eigenvalue weighted by molar-refractivity contribution is 5.66. The molecule has 2 bridgehead atoms. The smallest absolute Gasteiger partial charge is 0.185 e. The lowest BCUT2D eigenvalue weighted by Gasteiger charge is -2.37. The predicted molar refractivity (Wildman–Crippen MR) is 106 cm³/mol. The molecule has 2 N–H and O–H groups in total. The van der Waals surface area contributed by atoms with E-state index in [0.717, 1.165) is 24.2 Å². The Labute approximate surface area is 163 Å². The van der Waals surface area contributed by atoms with Crippen LogP contribution in [0, 0.1) is 0 Å². The fourth-order valence-corrected chi connectivity index (χ4v) is 4.23. The molecule has 0 saturated carbocycles. The van der Waals surface area contributed by atoms with Gasteiger partial charge in [-0.05, 0) is 43.9 Å². The number of phenolic OH excluding ortho intramolecular Hbond substituents is 1. The van der Waals surface area contributed by atoms with Crippen LogP contribution in [0.4, 0.5) is 0 Å². The number of rotatable bonds is 3. The molecule has 2 fully saturated rings. The fraction of sp³-hybridized carbons (Fsp3) is 0.333. The minimum Gasteiger partial charge on any atom is -0.507 e. The summed E-state index contributed by atoms with van der Waals surface area (Å²) >= 11 is 0. The van der Waals surface area contributed by atoms with Crippen LogP contribution < -0.4 is 5.32 Å². The SMILES string of the molecule is Oc1cc(-n2ccnc2)ccc1-c1ncc(/C=C2/CC3CCC[C@@H](C2)N3)nn1. The maximum atomic E-state index is 10.4. The van der Waals surface area contributed by atoms with Gasteiger partial charge >= 0.3 is 0 Å². The Morgan fingerprint density at radius 2 is 2.00 bits per heavy atom. The van der Waals surface area contributed by atoms with Crippen LogP contribution in [-0.2, 0) is 0 Å². The van der Waals surface area contributed by atoms with E-state index < -0.39 is 0 Å². The van der Waals surface area contributed by atoms with Crippen molar-refractivity contribution in [1.82, 2.24) is 30.0 Å². The van der Waals surface area contributed by atoms with E-state index in [4.69, 9.17) is 0 Å². The molecule has 2 aliphatic heterocycles. The van der Waals surface area contributed by atoms with Crippen molar-refractivity contribution in [3.05, 3.63) is 54.4 Å². The summed E-state index contributed by atoms with van der Waals surface area (Å²) < 4.78 is 1.83. The zero-order valence-electron chi connectivity index (χ0n) is 15.5. The molecule has 2 atom stereocenters. The fourth-order valence-electron chi connectivity index (χ4n) is 4.23. The van der Waals surface area contributed by atoms with E-state index >= 15 is 0 Å². The molecular weight excluding hydrogens is 352 g/mol. The van der Waals surface area contributed by atoms with Gasteiger partial charge in [0, 0.05) is 30.5 Å². The lowest BCUT2D eigenvalue weighted by molar-refractivity contribution is 0.283. The number of benzene rings is 1. The lowest BCUT2D eigenvalue weighted by atomic mass is 9.83. The maximum Gasteiger partial charge on any atom is 0.185 e. The first-order valence-electron chi connectivity index (χ1n) is 9.71. The molecule has 2 aromatic heterocycles. The maximum absolute atomic E-state index is 10.4.